The SMILES string of the molecule is NC(=O)c1c(F)[nH]c2ccc(I)cc2c1=O. The van der Waals surface area contributed by atoms with E-state index in [2.05, 4.69) is 4.98 Å². The second-order valence-electron chi connectivity index (χ2n) is 3.20. The van der Waals surface area contributed by atoms with Crippen molar-refractivity contribution in [3.05, 3.63) is 43.5 Å². The summed E-state index contributed by atoms with van der Waals surface area (Å²) >= 11 is 2.02. The molecule has 0 aliphatic rings. The van der Waals surface area contributed by atoms with Gasteiger partial charge in [0.15, 0.2) is 0 Å². The van der Waals surface area contributed by atoms with E-state index in [9.17, 15) is 14.0 Å². The Kier molecular flexibility index (Phi) is 2.66. The van der Waals surface area contributed by atoms with Crippen molar-refractivity contribution < 1.29 is 9.18 Å². The fourth-order valence-corrected chi connectivity index (χ4v) is 1.94. The van der Waals surface area contributed by atoms with Crippen molar-refractivity contribution in [1.29, 1.82) is 0 Å². The lowest BCUT2D eigenvalue weighted by Crippen LogP contribution is -2.24. The third-order valence-electron chi connectivity index (χ3n) is 2.16. The molecule has 1 amide bonds. The molecule has 3 N–H and O–H groups in total. The Balaban J connectivity index is 2.96. The van der Waals surface area contributed by atoms with Crippen molar-refractivity contribution in [3.8, 4) is 0 Å². The number of amides is 1. The van der Waals surface area contributed by atoms with Crippen LogP contribution in [0.15, 0.2) is 23.0 Å². The molecule has 4 nitrogen and oxygen atoms in total. The van der Waals surface area contributed by atoms with Crippen LogP contribution in [0, 0.1) is 9.52 Å². The molecule has 16 heavy (non-hydrogen) atoms. The van der Waals surface area contributed by atoms with E-state index in [1.165, 1.54) is 0 Å². The molecule has 0 bridgehead atoms. The normalized spacial score (nSPS) is 10.6. The van der Waals surface area contributed by atoms with Gasteiger partial charge in [-0.1, -0.05) is 0 Å². The highest BCUT2D eigenvalue weighted by Crippen LogP contribution is 2.14. The van der Waals surface area contributed by atoms with Gasteiger partial charge in [-0.3, -0.25) is 9.59 Å². The minimum Gasteiger partial charge on any atom is -0.365 e. The Morgan fingerprint density at radius 1 is 1.44 bits per heavy atom. The second kappa shape index (κ2) is 3.85. The van der Waals surface area contributed by atoms with Gasteiger partial charge < -0.3 is 10.7 Å². The highest BCUT2D eigenvalue weighted by atomic mass is 127. The summed E-state index contributed by atoms with van der Waals surface area (Å²) in [7, 11) is 0. The van der Waals surface area contributed by atoms with Crippen LogP contribution in [0.3, 0.4) is 0 Å². The Morgan fingerprint density at radius 2 is 2.12 bits per heavy atom. The van der Waals surface area contributed by atoms with E-state index in [1.807, 2.05) is 22.6 Å². The first-order valence-electron chi connectivity index (χ1n) is 4.31. The Hall–Kier alpha value is -1.44. The molecular weight excluding hydrogens is 326 g/mol. The van der Waals surface area contributed by atoms with Crippen LogP contribution in [0.2, 0.25) is 0 Å². The zero-order valence-corrected chi connectivity index (χ0v) is 10.0. The minimum absolute atomic E-state index is 0.252. The van der Waals surface area contributed by atoms with Gasteiger partial charge in [0, 0.05) is 8.96 Å². The number of hydrogen-bond acceptors (Lipinski definition) is 2. The summed E-state index contributed by atoms with van der Waals surface area (Å²) in [6.07, 6.45) is 0. The van der Waals surface area contributed by atoms with Crippen LogP contribution in [0.1, 0.15) is 10.4 Å². The number of H-pyrrole nitrogens is 1. The summed E-state index contributed by atoms with van der Waals surface area (Å²) in [5, 5.41) is 0.252. The number of aromatic nitrogens is 1. The van der Waals surface area contributed by atoms with E-state index in [4.69, 9.17) is 5.73 Å². The van der Waals surface area contributed by atoms with Gasteiger partial charge in [0.2, 0.25) is 11.4 Å². The van der Waals surface area contributed by atoms with Gasteiger partial charge in [-0.2, -0.15) is 4.39 Å². The molecule has 2 aromatic rings. The van der Waals surface area contributed by atoms with Crippen molar-refractivity contribution in [2.75, 3.05) is 0 Å². The number of nitrogens with one attached hydrogen (secondary N) is 1. The molecule has 0 saturated heterocycles. The van der Waals surface area contributed by atoms with Crippen molar-refractivity contribution in [2.45, 2.75) is 0 Å². The molecule has 2 rings (SSSR count). The summed E-state index contributed by atoms with van der Waals surface area (Å²) in [6.45, 7) is 0. The number of nitrogens with two attached hydrogens (primary N) is 1. The van der Waals surface area contributed by atoms with Crippen LogP contribution in [-0.4, -0.2) is 10.9 Å². The number of hydrogen-bond donors (Lipinski definition) is 2. The number of carbonyl (C=O) groups excluding carboxylic acids is 1. The molecule has 1 aromatic heterocycles. The number of fused-ring (bicyclic) bond motifs is 1. The molecule has 0 unspecified atom stereocenters. The van der Waals surface area contributed by atoms with E-state index >= 15 is 0 Å². The lowest BCUT2D eigenvalue weighted by Gasteiger charge is -2.02. The van der Waals surface area contributed by atoms with Crippen molar-refractivity contribution in [3.63, 3.8) is 0 Å². The summed E-state index contributed by atoms with van der Waals surface area (Å²) < 4.78 is 14.2. The number of rotatable bonds is 1. The zero-order valence-electron chi connectivity index (χ0n) is 7.88. The summed E-state index contributed by atoms with van der Waals surface area (Å²) in [4.78, 5) is 25.0. The van der Waals surface area contributed by atoms with Crippen LogP contribution in [0.4, 0.5) is 4.39 Å². The van der Waals surface area contributed by atoms with E-state index in [-0.39, 0.29) is 5.39 Å². The van der Waals surface area contributed by atoms with Gasteiger partial charge >= 0.3 is 0 Å². The summed E-state index contributed by atoms with van der Waals surface area (Å²) in [5.74, 6) is -2.06. The number of benzene rings is 1. The third-order valence-corrected chi connectivity index (χ3v) is 2.83. The lowest BCUT2D eigenvalue weighted by molar-refractivity contribution is 0.0995. The molecule has 0 radical (unpaired) electrons. The monoisotopic (exact) mass is 332 g/mol. The maximum Gasteiger partial charge on any atom is 0.257 e. The lowest BCUT2D eigenvalue weighted by atomic mass is 10.1. The molecule has 0 atom stereocenters. The fraction of sp³-hybridized carbons (Fsp3) is 0. The molecule has 6 heteroatoms. The smallest absolute Gasteiger partial charge is 0.257 e. The minimum atomic E-state index is -1.07. The largest absolute Gasteiger partial charge is 0.365 e. The Morgan fingerprint density at radius 3 is 2.75 bits per heavy atom. The molecule has 1 heterocycles. The first kappa shape index (κ1) is 11.1. The van der Waals surface area contributed by atoms with Gasteiger partial charge in [-0.25, -0.2) is 0 Å². The maximum absolute atomic E-state index is 13.4. The predicted octanol–water partition coefficient (Wildman–Crippen LogP) is 1.37. The average molecular weight is 332 g/mol. The third kappa shape index (κ3) is 1.69. The molecule has 82 valence electrons. The van der Waals surface area contributed by atoms with E-state index in [0.717, 1.165) is 3.57 Å². The number of primary amides is 1. The first-order chi connectivity index (χ1) is 7.50. The molecule has 0 aliphatic carbocycles. The van der Waals surface area contributed by atoms with Crippen LogP contribution >= 0.6 is 22.6 Å². The Labute approximate surface area is 103 Å². The van der Waals surface area contributed by atoms with Crippen molar-refractivity contribution in [1.82, 2.24) is 4.98 Å². The topological polar surface area (TPSA) is 76.0 Å². The van der Waals surface area contributed by atoms with Crippen molar-refractivity contribution >= 4 is 39.4 Å². The highest BCUT2D eigenvalue weighted by Gasteiger charge is 2.16. The maximum atomic E-state index is 13.4. The van der Waals surface area contributed by atoms with Gasteiger partial charge in [-0.15, -0.1) is 0 Å². The summed E-state index contributed by atoms with van der Waals surface area (Å²) in [6, 6.07) is 4.87. The van der Waals surface area contributed by atoms with Gasteiger partial charge in [0.05, 0.1) is 5.52 Å². The van der Waals surface area contributed by atoms with Gasteiger partial charge in [0.25, 0.3) is 5.91 Å². The van der Waals surface area contributed by atoms with E-state index < -0.39 is 22.8 Å². The van der Waals surface area contributed by atoms with Gasteiger partial charge in [0.1, 0.15) is 5.56 Å². The van der Waals surface area contributed by atoms with Gasteiger partial charge in [-0.05, 0) is 40.8 Å². The second-order valence-corrected chi connectivity index (χ2v) is 4.44. The number of halogens is 2. The molecule has 0 aliphatic heterocycles. The summed E-state index contributed by atoms with van der Waals surface area (Å²) in [5.41, 5.74) is 3.97. The van der Waals surface area contributed by atoms with Crippen LogP contribution in [-0.2, 0) is 0 Å². The Bertz CT molecular complexity index is 651. The van der Waals surface area contributed by atoms with E-state index in [1.54, 1.807) is 18.2 Å². The van der Waals surface area contributed by atoms with Crippen molar-refractivity contribution in [2.24, 2.45) is 5.73 Å². The highest BCUT2D eigenvalue weighted by molar-refractivity contribution is 14.1. The fourth-order valence-electron chi connectivity index (χ4n) is 1.45. The number of aromatic amines is 1. The molecule has 1 aromatic carbocycles. The first-order valence-corrected chi connectivity index (χ1v) is 5.39. The average Bonchev–Trinajstić information content (AvgIpc) is 2.19. The molecule has 0 spiro atoms. The van der Waals surface area contributed by atoms with E-state index in [0.29, 0.717) is 5.52 Å². The van der Waals surface area contributed by atoms with Crippen LogP contribution in [0.5, 0.6) is 0 Å². The number of carbonyl (C=O) groups is 1. The van der Waals surface area contributed by atoms with Crippen LogP contribution in [0.25, 0.3) is 10.9 Å². The molecular formula is C10H6FIN2O2. The standard InChI is InChI=1S/C10H6FIN2O2/c11-9-7(10(13)16)8(15)5-3-4(12)1-2-6(5)14-9/h1-3H,(H2,13,16)(H,14,15). The molecule has 0 saturated carbocycles. The zero-order chi connectivity index (χ0) is 11.9. The molecule has 0 fully saturated rings. The quantitative estimate of drug-likeness (QED) is 0.611. The number of pyridine rings is 1. The van der Waals surface area contributed by atoms with Crippen LogP contribution < -0.4 is 11.2 Å². The predicted molar refractivity (Wildman–Crippen MR) is 65.8 cm³/mol.